The maximum absolute atomic E-state index is 12.9. The molecule has 120 valence electrons. The quantitative estimate of drug-likeness (QED) is 0.672. The number of amides is 1. The van der Waals surface area contributed by atoms with Crippen molar-refractivity contribution in [2.75, 3.05) is 31.2 Å². The number of carbonyl (C=O) groups excluding carboxylic acids is 1. The Balaban J connectivity index is 2.97. The van der Waals surface area contributed by atoms with Crippen molar-refractivity contribution in [3.05, 3.63) is 4.88 Å². The third-order valence-corrected chi connectivity index (χ3v) is 3.59. The average Bonchev–Trinajstić information content (AvgIpc) is 2.73. The van der Waals surface area contributed by atoms with Crippen molar-refractivity contribution in [2.24, 2.45) is 0 Å². The number of methoxy groups -OCH3 is 1. The highest BCUT2D eigenvalue weighted by Gasteiger charge is 2.40. The number of rotatable bonds is 7. The summed E-state index contributed by atoms with van der Waals surface area (Å²) in [5.74, 6) is -4.71. The lowest BCUT2D eigenvalue weighted by Gasteiger charge is -2.16. The Morgan fingerprint density at radius 2 is 2.10 bits per heavy atom. The monoisotopic (exact) mass is 329 g/mol. The van der Waals surface area contributed by atoms with Gasteiger partial charge < -0.3 is 21.1 Å². The number of nitrogens with two attached hydrogens (primary N) is 1. The summed E-state index contributed by atoms with van der Waals surface area (Å²) in [4.78, 5) is 11.8. The molecule has 5 nitrogen and oxygen atoms in total. The molecule has 0 saturated heterocycles. The lowest BCUT2D eigenvalue weighted by atomic mass is 10.3. The summed E-state index contributed by atoms with van der Waals surface area (Å²) in [7, 11) is 1.23. The fourth-order valence-electron chi connectivity index (χ4n) is 1.43. The van der Waals surface area contributed by atoms with E-state index in [2.05, 4.69) is 10.6 Å². The Hall–Kier alpha value is -1.71. The smallest absolute Gasteiger partial charge is 0.324 e. The first-order valence-electron chi connectivity index (χ1n) is 5.88. The summed E-state index contributed by atoms with van der Waals surface area (Å²) in [5, 5.41) is 4.64. The van der Waals surface area contributed by atoms with Crippen LogP contribution in [-0.2, 0) is 0 Å². The Kier molecular flexibility index (Phi) is 5.64. The van der Waals surface area contributed by atoms with Crippen LogP contribution in [-0.4, -0.2) is 38.5 Å². The molecule has 4 N–H and O–H groups in total. The van der Waals surface area contributed by atoms with Crippen LogP contribution in [0.15, 0.2) is 0 Å². The Bertz CT molecular complexity index is 508. The number of anilines is 2. The van der Waals surface area contributed by atoms with Crippen LogP contribution in [0.2, 0.25) is 0 Å². The van der Waals surface area contributed by atoms with E-state index in [-0.39, 0.29) is 21.3 Å². The highest BCUT2D eigenvalue weighted by atomic mass is 32.1. The van der Waals surface area contributed by atoms with Gasteiger partial charge in [-0.1, -0.05) is 0 Å². The summed E-state index contributed by atoms with van der Waals surface area (Å²) in [6, 6.07) is 0. The predicted octanol–water partition coefficient (Wildman–Crippen LogP) is 2.40. The average molecular weight is 329 g/mol. The van der Waals surface area contributed by atoms with Gasteiger partial charge in [0.15, 0.2) is 5.75 Å². The molecule has 1 rings (SSSR count). The van der Waals surface area contributed by atoms with Crippen molar-refractivity contribution in [1.82, 2.24) is 5.32 Å². The highest BCUT2D eigenvalue weighted by Crippen LogP contribution is 2.42. The molecule has 1 amide bonds. The summed E-state index contributed by atoms with van der Waals surface area (Å²) in [6.45, 7) is 0.752. The second-order valence-corrected chi connectivity index (χ2v) is 5.00. The largest absolute Gasteiger partial charge is 0.492 e. The molecule has 0 aliphatic rings. The van der Waals surface area contributed by atoms with Crippen LogP contribution in [0.4, 0.5) is 28.3 Å². The Labute approximate surface area is 122 Å². The first-order valence-corrected chi connectivity index (χ1v) is 6.70. The van der Waals surface area contributed by atoms with Crippen molar-refractivity contribution in [2.45, 2.75) is 19.3 Å². The summed E-state index contributed by atoms with van der Waals surface area (Å²) < 4.78 is 54.9. The number of ether oxygens (including phenoxy) is 1. The van der Waals surface area contributed by atoms with Gasteiger partial charge in [0.2, 0.25) is 0 Å². The lowest BCUT2D eigenvalue weighted by molar-refractivity contribution is -0.117. The molecule has 0 spiro atoms. The zero-order valence-corrected chi connectivity index (χ0v) is 12.1. The van der Waals surface area contributed by atoms with Crippen LogP contribution < -0.4 is 21.1 Å². The van der Waals surface area contributed by atoms with Gasteiger partial charge in [-0.15, -0.1) is 11.3 Å². The molecule has 0 aliphatic carbocycles. The second-order valence-electron chi connectivity index (χ2n) is 3.98. The molecule has 1 heterocycles. The zero-order valence-electron chi connectivity index (χ0n) is 11.3. The zero-order chi connectivity index (χ0) is 16.2. The molecule has 0 bridgehead atoms. The topological polar surface area (TPSA) is 76.4 Å². The van der Waals surface area contributed by atoms with Crippen molar-refractivity contribution < 1.29 is 27.1 Å². The number of nitrogen functional groups attached to an aromatic ring is 1. The minimum Gasteiger partial charge on any atom is -0.492 e. The number of thiophene rings is 1. The van der Waals surface area contributed by atoms with E-state index < -0.39 is 24.8 Å². The molecular weight excluding hydrogens is 314 g/mol. The number of hydrogen-bond donors (Lipinski definition) is 3. The lowest BCUT2D eigenvalue weighted by Crippen LogP contribution is -2.34. The van der Waals surface area contributed by atoms with E-state index >= 15 is 0 Å². The van der Waals surface area contributed by atoms with E-state index in [1.165, 1.54) is 7.11 Å². The normalized spacial score (nSPS) is 11.6. The fourth-order valence-corrected chi connectivity index (χ4v) is 2.43. The van der Waals surface area contributed by atoms with Crippen LogP contribution in [0.25, 0.3) is 0 Å². The minimum atomic E-state index is -4.20. The van der Waals surface area contributed by atoms with Gasteiger partial charge in [0.1, 0.15) is 15.6 Å². The molecular formula is C11H15F4N3O2S. The number of carbonyl (C=O) groups is 1. The van der Waals surface area contributed by atoms with Gasteiger partial charge in [-0.2, -0.15) is 8.78 Å². The van der Waals surface area contributed by atoms with E-state index in [1.807, 2.05) is 0 Å². The third kappa shape index (κ3) is 3.90. The van der Waals surface area contributed by atoms with Crippen LogP contribution in [0.1, 0.15) is 16.6 Å². The molecule has 0 radical (unpaired) electrons. The van der Waals surface area contributed by atoms with E-state index in [9.17, 15) is 22.4 Å². The van der Waals surface area contributed by atoms with Gasteiger partial charge in [-0.3, -0.25) is 4.79 Å². The Morgan fingerprint density at radius 1 is 1.48 bits per heavy atom. The SMILES string of the molecule is CCNC(=O)c1sc(NCC(F)(F)C(F)F)c(OC)c1N. The molecule has 0 fully saturated rings. The first-order chi connectivity index (χ1) is 9.74. The third-order valence-electron chi connectivity index (χ3n) is 2.45. The van der Waals surface area contributed by atoms with Crippen molar-refractivity contribution in [3.8, 4) is 5.75 Å². The molecule has 0 saturated carbocycles. The molecule has 1 aromatic heterocycles. The van der Waals surface area contributed by atoms with Gasteiger partial charge in [0.05, 0.1) is 13.7 Å². The van der Waals surface area contributed by atoms with Crippen LogP contribution >= 0.6 is 11.3 Å². The number of halogens is 4. The molecule has 0 atom stereocenters. The summed E-state index contributed by atoms with van der Waals surface area (Å²) in [5.41, 5.74) is 5.66. The van der Waals surface area contributed by atoms with Crippen molar-refractivity contribution >= 4 is 27.9 Å². The van der Waals surface area contributed by atoms with Crippen molar-refractivity contribution in [3.63, 3.8) is 0 Å². The Morgan fingerprint density at radius 3 is 2.57 bits per heavy atom. The fraction of sp³-hybridized carbons (Fsp3) is 0.545. The predicted molar refractivity (Wildman–Crippen MR) is 72.7 cm³/mol. The van der Waals surface area contributed by atoms with Gasteiger partial charge >= 0.3 is 12.3 Å². The number of hydrogen-bond acceptors (Lipinski definition) is 5. The standard InChI is InChI=1S/C11H15F4N3O2S/c1-3-17-8(19)7-5(16)6(20-2)9(21-7)18-4-11(14,15)10(12)13/h10,18H,3-4,16H2,1-2H3,(H,17,19). The molecule has 10 heteroatoms. The van der Waals surface area contributed by atoms with Crippen LogP contribution in [0.3, 0.4) is 0 Å². The molecule has 0 unspecified atom stereocenters. The van der Waals surface area contributed by atoms with Gasteiger partial charge in [0, 0.05) is 6.54 Å². The molecule has 0 aliphatic heterocycles. The van der Waals surface area contributed by atoms with E-state index in [1.54, 1.807) is 6.92 Å². The second kappa shape index (κ2) is 6.83. The maximum Gasteiger partial charge on any atom is 0.324 e. The van der Waals surface area contributed by atoms with Gasteiger partial charge in [-0.25, -0.2) is 8.78 Å². The highest BCUT2D eigenvalue weighted by molar-refractivity contribution is 7.19. The maximum atomic E-state index is 12.9. The summed E-state index contributed by atoms with van der Waals surface area (Å²) >= 11 is 0.760. The van der Waals surface area contributed by atoms with E-state index in [0.29, 0.717) is 6.54 Å². The van der Waals surface area contributed by atoms with Crippen LogP contribution in [0.5, 0.6) is 5.75 Å². The van der Waals surface area contributed by atoms with Gasteiger partial charge in [-0.05, 0) is 6.92 Å². The first kappa shape index (κ1) is 17.3. The summed E-state index contributed by atoms with van der Waals surface area (Å²) in [6.07, 6.45) is -3.80. The minimum absolute atomic E-state index is 0.00317. The molecule has 1 aromatic rings. The number of nitrogens with one attached hydrogen (secondary N) is 2. The van der Waals surface area contributed by atoms with Gasteiger partial charge in [0.25, 0.3) is 5.91 Å². The van der Waals surface area contributed by atoms with E-state index in [0.717, 1.165) is 11.3 Å². The van der Waals surface area contributed by atoms with E-state index in [4.69, 9.17) is 10.5 Å². The molecule has 21 heavy (non-hydrogen) atoms. The number of alkyl halides is 4. The van der Waals surface area contributed by atoms with Crippen LogP contribution in [0, 0.1) is 0 Å². The van der Waals surface area contributed by atoms with Crippen molar-refractivity contribution in [1.29, 1.82) is 0 Å². The molecule has 0 aromatic carbocycles.